The summed E-state index contributed by atoms with van der Waals surface area (Å²) in [6, 6.07) is 6.84. The molecule has 1 fully saturated rings. The number of carbonyl (C=O) groups is 1. The second-order valence-electron chi connectivity index (χ2n) is 6.78. The number of hydrogen-bond donors (Lipinski definition) is 1. The van der Waals surface area contributed by atoms with E-state index in [4.69, 9.17) is 14.6 Å². The number of pyridine rings is 1. The van der Waals surface area contributed by atoms with Gasteiger partial charge in [-0.1, -0.05) is 0 Å². The van der Waals surface area contributed by atoms with Crippen molar-refractivity contribution in [3.8, 4) is 22.9 Å². The maximum Gasteiger partial charge on any atom is 0.356 e. The molecule has 2 atom stereocenters. The van der Waals surface area contributed by atoms with Crippen molar-refractivity contribution in [1.29, 1.82) is 0 Å². The van der Waals surface area contributed by atoms with Crippen molar-refractivity contribution in [3.05, 3.63) is 53.9 Å². The maximum absolute atomic E-state index is 11.0. The van der Waals surface area contributed by atoms with Crippen LogP contribution in [0.3, 0.4) is 0 Å². The van der Waals surface area contributed by atoms with Gasteiger partial charge in [-0.25, -0.2) is 9.78 Å². The summed E-state index contributed by atoms with van der Waals surface area (Å²) >= 11 is 0. The molecule has 0 aliphatic heterocycles. The van der Waals surface area contributed by atoms with Gasteiger partial charge in [0.1, 0.15) is 11.6 Å². The normalized spacial score (nSPS) is 17.6. The first-order valence-corrected chi connectivity index (χ1v) is 9.09. The van der Waals surface area contributed by atoms with E-state index < -0.39 is 5.97 Å². The number of carboxylic acids is 1. The Hall–Kier alpha value is -3.62. The Kier molecular flexibility index (Phi) is 5.03. The number of hydrogen-bond acceptors (Lipinski definition) is 8. The summed E-state index contributed by atoms with van der Waals surface area (Å²) in [5, 5.41) is 16.7. The Balaban J connectivity index is 1.46. The van der Waals surface area contributed by atoms with Gasteiger partial charge in [-0.2, -0.15) is 4.98 Å². The minimum atomic E-state index is -1.13. The van der Waals surface area contributed by atoms with Crippen molar-refractivity contribution in [2.24, 2.45) is 5.92 Å². The first-order chi connectivity index (χ1) is 14.0. The molecule has 1 aliphatic rings. The smallest absolute Gasteiger partial charge is 0.356 e. The maximum atomic E-state index is 11.0. The second-order valence-corrected chi connectivity index (χ2v) is 6.78. The molecule has 3 aromatic rings. The van der Waals surface area contributed by atoms with Gasteiger partial charge in [0.05, 0.1) is 31.2 Å². The van der Waals surface area contributed by atoms with E-state index in [1.807, 2.05) is 12.1 Å². The van der Waals surface area contributed by atoms with Crippen LogP contribution in [0.25, 0.3) is 11.3 Å². The number of carboxylic acid groups (broad SMARTS) is 1. The molecular formula is C20H19N5O4. The third kappa shape index (κ3) is 4.13. The molecule has 0 bridgehead atoms. The lowest BCUT2D eigenvalue weighted by atomic mass is 10.2. The summed E-state index contributed by atoms with van der Waals surface area (Å²) in [6.45, 7) is 2.26. The average Bonchev–Trinajstić information content (AvgIpc) is 3.52. The molecule has 0 aromatic carbocycles. The first-order valence-electron chi connectivity index (χ1n) is 9.09. The Morgan fingerprint density at radius 1 is 1.17 bits per heavy atom. The van der Waals surface area contributed by atoms with Crippen LogP contribution in [0.2, 0.25) is 0 Å². The third-order valence-electron chi connectivity index (χ3n) is 4.77. The summed E-state index contributed by atoms with van der Waals surface area (Å²) in [6.07, 6.45) is 4.32. The monoisotopic (exact) mass is 393 g/mol. The summed E-state index contributed by atoms with van der Waals surface area (Å²) in [7, 11) is 1.62. The molecule has 0 radical (unpaired) electrons. The average molecular weight is 393 g/mol. The largest absolute Gasteiger partial charge is 0.495 e. The molecule has 0 unspecified atom stereocenters. The van der Waals surface area contributed by atoms with Gasteiger partial charge in [0.2, 0.25) is 5.88 Å². The standard InChI is InChI=1S/C20H19N5O4/c1-11-21-9-15(17-5-6-18(20(26)27)25-24-17)19(23-11)29-10-12-7-14(12)16-4-3-13(28-2)8-22-16/h3-6,8-9,12,14H,7,10H2,1-2H3,(H,26,27)/t12-,14+/m1/s1. The number of rotatable bonds is 7. The molecule has 3 heterocycles. The molecule has 0 saturated heterocycles. The number of methoxy groups -OCH3 is 1. The van der Waals surface area contributed by atoms with Crippen molar-refractivity contribution < 1.29 is 19.4 Å². The van der Waals surface area contributed by atoms with Crippen molar-refractivity contribution >= 4 is 5.97 Å². The fourth-order valence-electron chi connectivity index (χ4n) is 3.04. The highest BCUT2D eigenvalue weighted by Gasteiger charge is 2.40. The summed E-state index contributed by atoms with van der Waals surface area (Å²) < 4.78 is 11.1. The summed E-state index contributed by atoms with van der Waals surface area (Å²) in [5.41, 5.74) is 1.92. The van der Waals surface area contributed by atoms with Crippen LogP contribution in [0.4, 0.5) is 0 Å². The van der Waals surface area contributed by atoms with Crippen LogP contribution < -0.4 is 9.47 Å². The topological polar surface area (TPSA) is 120 Å². The Morgan fingerprint density at radius 2 is 2.03 bits per heavy atom. The fraction of sp³-hybridized carbons (Fsp3) is 0.300. The van der Waals surface area contributed by atoms with Gasteiger partial charge in [-0.3, -0.25) is 4.98 Å². The van der Waals surface area contributed by atoms with Gasteiger partial charge in [-0.15, -0.1) is 10.2 Å². The van der Waals surface area contributed by atoms with E-state index in [9.17, 15) is 4.79 Å². The highest BCUT2D eigenvalue weighted by molar-refractivity contribution is 5.85. The van der Waals surface area contributed by atoms with Crippen LogP contribution in [0.5, 0.6) is 11.6 Å². The zero-order chi connectivity index (χ0) is 20.4. The SMILES string of the molecule is COc1ccc([C@H]2C[C@@H]2COc2nc(C)ncc2-c2ccc(C(=O)O)nn2)nc1. The summed E-state index contributed by atoms with van der Waals surface area (Å²) in [4.78, 5) is 24.0. The molecule has 0 amide bonds. The van der Waals surface area contributed by atoms with E-state index in [1.54, 1.807) is 32.5 Å². The van der Waals surface area contributed by atoms with Gasteiger partial charge in [0, 0.05) is 23.7 Å². The van der Waals surface area contributed by atoms with Gasteiger partial charge < -0.3 is 14.6 Å². The van der Waals surface area contributed by atoms with Gasteiger partial charge in [0.15, 0.2) is 5.69 Å². The van der Waals surface area contributed by atoms with Crippen LogP contribution in [0.1, 0.15) is 34.3 Å². The molecule has 148 valence electrons. The van der Waals surface area contributed by atoms with Crippen LogP contribution in [0.15, 0.2) is 36.7 Å². The molecule has 9 heteroatoms. The third-order valence-corrected chi connectivity index (χ3v) is 4.77. The number of ether oxygens (including phenoxy) is 2. The molecule has 29 heavy (non-hydrogen) atoms. The number of nitrogens with zero attached hydrogens (tertiary/aromatic N) is 5. The van der Waals surface area contributed by atoms with Gasteiger partial charge in [-0.05, 0) is 37.6 Å². The molecule has 4 rings (SSSR count). The first kappa shape index (κ1) is 18.7. The quantitative estimate of drug-likeness (QED) is 0.645. The van der Waals surface area contributed by atoms with Crippen molar-refractivity contribution in [2.75, 3.05) is 13.7 Å². The van der Waals surface area contributed by atoms with E-state index in [2.05, 4.69) is 25.1 Å². The predicted octanol–water partition coefficient (Wildman–Crippen LogP) is 2.53. The van der Waals surface area contributed by atoms with E-state index in [-0.39, 0.29) is 5.69 Å². The van der Waals surface area contributed by atoms with Crippen molar-refractivity contribution in [1.82, 2.24) is 25.1 Å². The van der Waals surface area contributed by atoms with Gasteiger partial charge >= 0.3 is 5.97 Å². The van der Waals surface area contributed by atoms with Crippen molar-refractivity contribution in [2.45, 2.75) is 19.3 Å². The highest BCUT2D eigenvalue weighted by atomic mass is 16.5. The zero-order valence-electron chi connectivity index (χ0n) is 15.9. The Bertz CT molecular complexity index is 1020. The number of aromatic nitrogens is 5. The molecule has 9 nitrogen and oxygen atoms in total. The fourth-order valence-corrected chi connectivity index (χ4v) is 3.04. The molecule has 3 aromatic heterocycles. The highest BCUT2D eigenvalue weighted by Crippen LogP contribution is 2.47. The molecule has 1 N–H and O–H groups in total. The molecular weight excluding hydrogens is 374 g/mol. The number of aromatic carboxylic acids is 1. The van der Waals surface area contributed by atoms with Crippen LogP contribution >= 0.6 is 0 Å². The Morgan fingerprint density at radius 3 is 2.69 bits per heavy atom. The van der Waals surface area contributed by atoms with Crippen LogP contribution in [0, 0.1) is 12.8 Å². The van der Waals surface area contributed by atoms with E-state index in [0.717, 1.165) is 17.9 Å². The lowest BCUT2D eigenvalue weighted by Gasteiger charge is -2.10. The number of aryl methyl sites for hydroxylation is 1. The molecule has 1 aliphatic carbocycles. The van der Waals surface area contributed by atoms with Crippen LogP contribution in [-0.2, 0) is 0 Å². The van der Waals surface area contributed by atoms with E-state index in [1.165, 1.54) is 6.07 Å². The Labute approximate surface area is 166 Å². The lowest BCUT2D eigenvalue weighted by Crippen LogP contribution is -2.07. The molecule has 0 spiro atoms. The summed E-state index contributed by atoms with van der Waals surface area (Å²) in [5.74, 6) is 1.28. The van der Waals surface area contributed by atoms with Crippen molar-refractivity contribution in [3.63, 3.8) is 0 Å². The lowest BCUT2D eigenvalue weighted by molar-refractivity contribution is 0.0689. The van der Waals surface area contributed by atoms with E-state index >= 15 is 0 Å². The minimum Gasteiger partial charge on any atom is -0.495 e. The zero-order valence-corrected chi connectivity index (χ0v) is 15.9. The van der Waals surface area contributed by atoms with Gasteiger partial charge in [0.25, 0.3) is 0 Å². The van der Waals surface area contributed by atoms with Crippen LogP contribution in [-0.4, -0.2) is 49.9 Å². The second kappa shape index (κ2) is 7.78. The predicted molar refractivity (Wildman–Crippen MR) is 102 cm³/mol. The minimum absolute atomic E-state index is 0.128. The van der Waals surface area contributed by atoms with E-state index in [0.29, 0.717) is 41.4 Å². The molecule has 1 saturated carbocycles.